The molecule has 0 bridgehead atoms. The minimum atomic E-state index is -0.422. The maximum atomic E-state index is 12.0. The van der Waals surface area contributed by atoms with Crippen LogP contribution < -0.4 is 10.9 Å². The minimum absolute atomic E-state index is 0.0652. The summed E-state index contributed by atoms with van der Waals surface area (Å²) in [5.41, 5.74) is 0.330. The van der Waals surface area contributed by atoms with Crippen molar-refractivity contribution < 1.29 is 4.79 Å². The summed E-state index contributed by atoms with van der Waals surface area (Å²) in [6.07, 6.45) is 2.39. The van der Waals surface area contributed by atoms with Gasteiger partial charge < -0.3 is 10.2 Å². The van der Waals surface area contributed by atoms with Crippen LogP contribution in [0.2, 0.25) is 0 Å². The van der Waals surface area contributed by atoms with E-state index in [1.165, 1.54) is 9.58 Å². The number of aromatic nitrogens is 2. The van der Waals surface area contributed by atoms with Gasteiger partial charge >= 0.3 is 0 Å². The molecule has 1 N–H and O–H groups in total. The number of rotatable bonds is 5. The highest BCUT2D eigenvalue weighted by molar-refractivity contribution is 9.10. The number of carbonyl (C=O) groups excluding carboxylic acids is 1. The van der Waals surface area contributed by atoms with Crippen molar-refractivity contribution in [3.8, 4) is 0 Å². The van der Waals surface area contributed by atoms with Gasteiger partial charge in [-0.15, -0.1) is 0 Å². The molecule has 6 nitrogen and oxygen atoms in total. The third-order valence-corrected chi connectivity index (χ3v) is 3.37. The van der Waals surface area contributed by atoms with Gasteiger partial charge in [0.2, 0.25) is 5.91 Å². The van der Waals surface area contributed by atoms with Crippen LogP contribution in [0.15, 0.2) is 15.5 Å². The lowest BCUT2D eigenvalue weighted by molar-refractivity contribution is -0.129. The Hall–Kier alpha value is -1.37. The van der Waals surface area contributed by atoms with Crippen molar-refractivity contribution in [3.05, 3.63) is 21.0 Å². The number of halogens is 1. The van der Waals surface area contributed by atoms with Gasteiger partial charge in [-0.25, -0.2) is 4.68 Å². The Morgan fingerprint density at radius 1 is 1.58 bits per heavy atom. The van der Waals surface area contributed by atoms with E-state index in [1.807, 2.05) is 6.92 Å². The molecule has 0 aliphatic carbocycles. The summed E-state index contributed by atoms with van der Waals surface area (Å²) in [5.74, 6) is -0.0652. The number of hydrogen-bond donors (Lipinski definition) is 1. The highest BCUT2D eigenvalue weighted by Gasteiger charge is 2.17. The summed E-state index contributed by atoms with van der Waals surface area (Å²) < 4.78 is 1.79. The maximum Gasteiger partial charge on any atom is 0.283 e. The van der Waals surface area contributed by atoms with Gasteiger partial charge in [0.15, 0.2) is 0 Å². The normalized spacial score (nSPS) is 12.1. The zero-order chi connectivity index (χ0) is 14.6. The molecule has 1 atom stereocenters. The Bertz CT molecular complexity index is 513. The second-order valence-electron chi connectivity index (χ2n) is 4.50. The van der Waals surface area contributed by atoms with E-state index in [1.54, 1.807) is 27.2 Å². The Labute approximate surface area is 120 Å². The molecule has 0 aromatic carbocycles. The van der Waals surface area contributed by atoms with Crippen LogP contribution in [0.1, 0.15) is 20.3 Å². The molecule has 0 saturated carbocycles. The van der Waals surface area contributed by atoms with Crippen molar-refractivity contribution in [1.82, 2.24) is 14.7 Å². The van der Waals surface area contributed by atoms with Gasteiger partial charge in [0.1, 0.15) is 10.5 Å². The topological polar surface area (TPSA) is 67.2 Å². The fraction of sp³-hybridized carbons (Fsp3) is 0.583. The summed E-state index contributed by atoms with van der Waals surface area (Å²) in [5, 5.41) is 7.06. The third kappa shape index (κ3) is 3.79. The van der Waals surface area contributed by atoms with Gasteiger partial charge in [0.25, 0.3) is 5.56 Å². The Balaban J connectivity index is 2.95. The Morgan fingerprint density at radius 3 is 2.74 bits per heavy atom. The van der Waals surface area contributed by atoms with E-state index in [4.69, 9.17) is 0 Å². The van der Waals surface area contributed by atoms with Crippen LogP contribution in [0.25, 0.3) is 0 Å². The summed E-state index contributed by atoms with van der Waals surface area (Å²) in [4.78, 5) is 25.2. The average molecular weight is 331 g/mol. The number of carbonyl (C=O) groups is 1. The Kier molecular flexibility index (Phi) is 5.53. The molecule has 1 aromatic heterocycles. The largest absolute Gasteiger partial charge is 0.372 e. The predicted molar refractivity (Wildman–Crippen MR) is 78.3 cm³/mol. The molecule has 0 aliphatic rings. The zero-order valence-electron chi connectivity index (χ0n) is 11.6. The molecule has 1 aromatic rings. The first kappa shape index (κ1) is 15.7. The highest BCUT2D eigenvalue weighted by Crippen LogP contribution is 2.17. The number of anilines is 1. The predicted octanol–water partition coefficient (Wildman–Crippen LogP) is 1.30. The molecule has 1 rings (SSSR count). The van der Waals surface area contributed by atoms with E-state index >= 15 is 0 Å². The van der Waals surface area contributed by atoms with Crippen molar-refractivity contribution in [2.24, 2.45) is 0 Å². The first-order valence-electron chi connectivity index (χ1n) is 6.11. The molecule has 1 heterocycles. The van der Waals surface area contributed by atoms with Gasteiger partial charge in [0, 0.05) is 20.6 Å². The fourth-order valence-corrected chi connectivity index (χ4v) is 2.04. The van der Waals surface area contributed by atoms with E-state index in [9.17, 15) is 9.59 Å². The molecule has 7 heteroatoms. The number of amides is 1. The summed E-state index contributed by atoms with van der Waals surface area (Å²) in [6, 6.07) is -0.422. The van der Waals surface area contributed by atoms with Gasteiger partial charge in [-0.3, -0.25) is 9.59 Å². The molecule has 0 fully saturated rings. The number of aryl methyl sites for hydroxylation is 1. The molecule has 106 valence electrons. The number of likely N-dealkylation sites (N-methyl/N-ethyl adjacent to an activating group) is 1. The fourth-order valence-electron chi connectivity index (χ4n) is 1.62. The lowest BCUT2D eigenvalue weighted by Crippen LogP contribution is -2.37. The molecule has 19 heavy (non-hydrogen) atoms. The maximum absolute atomic E-state index is 12.0. The first-order chi connectivity index (χ1) is 8.88. The second-order valence-corrected chi connectivity index (χ2v) is 5.29. The van der Waals surface area contributed by atoms with Crippen LogP contribution in [-0.4, -0.2) is 40.7 Å². The minimum Gasteiger partial charge on any atom is -0.372 e. The van der Waals surface area contributed by atoms with Crippen LogP contribution in [0.4, 0.5) is 5.69 Å². The monoisotopic (exact) mass is 330 g/mol. The summed E-state index contributed by atoms with van der Waals surface area (Å²) in [7, 11) is 3.38. The Morgan fingerprint density at radius 2 is 2.21 bits per heavy atom. The zero-order valence-corrected chi connectivity index (χ0v) is 13.2. The molecule has 1 unspecified atom stereocenters. The molecular formula is C12H19BrN4O2. The number of hydrogen-bond acceptors (Lipinski definition) is 4. The van der Waals surface area contributed by atoms with Crippen molar-refractivity contribution in [2.75, 3.05) is 19.4 Å². The van der Waals surface area contributed by atoms with Gasteiger partial charge in [0.05, 0.1) is 11.9 Å². The van der Waals surface area contributed by atoms with Gasteiger partial charge in [-0.2, -0.15) is 5.10 Å². The molecule has 0 saturated heterocycles. The smallest absolute Gasteiger partial charge is 0.283 e. The van der Waals surface area contributed by atoms with Crippen LogP contribution in [0.5, 0.6) is 0 Å². The van der Waals surface area contributed by atoms with Crippen molar-refractivity contribution in [2.45, 2.75) is 32.9 Å². The van der Waals surface area contributed by atoms with Crippen molar-refractivity contribution in [1.29, 1.82) is 0 Å². The first-order valence-corrected chi connectivity index (χ1v) is 6.91. The molecule has 1 amide bonds. The van der Waals surface area contributed by atoms with E-state index in [-0.39, 0.29) is 11.5 Å². The average Bonchev–Trinajstić information content (AvgIpc) is 2.37. The van der Waals surface area contributed by atoms with Crippen LogP contribution in [0.3, 0.4) is 0 Å². The second kappa shape index (κ2) is 6.70. The van der Waals surface area contributed by atoms with E-state index in [0.29, 0.717) is 16.7 Å². The number of nitrogens with one attached hydrogen (secondary N) is 1. The highest BCUT2D eigenvalue weighted by atomic mass is 79.9. The molecule has 0 spiro atoms. The summed E-state index contributed by atoms with van der Waals surface area (Å²) in [6.45, 7) is 4.29. The molecular weight excluding hydrogens is 312 g/mol. The standard InChI is InChI=1S/C12H19BrN4O2/c1-5-6-17-12(19)10(13)9(7-14-17)15-8(2)11(18)16(3)4/h7-8,15H,5-6H2,1-4H3. The lowest BCUT2D eigenvalue weighted by atomic mass is 10.3. The van der Waals surface area contributed by atoms with Crippen molar-refractivity contribution >= 4 is 27.5 Å². The SMILES string of the molecule is CCCn1ncc(NC(C)C(=O)N(C)C)c(Br)c1=O. The van der Waals surface area contributed by atoms with Gasteiger partial charge in [-0.1, -0.05) is 6.92 Å². The van der Waals surface area contributed by atoms with Crippen LogP contribution >= 0.6 is 15.9 Å². The third-order valence-electron chi connectivity index (χ3n) is 2.60. The summed E-state index contributed by atoms with van der Waals surface area (Å²) >= 11 is 3.25. The number of nitrogens with zero attached hydrogens (tertiary/aromatic N) is 3. The molecule has 0 aliphatic heterocycles. The lowest BCUT2D eigenvalue weighted by Gasteiger charge is -2.19. The van der Waals surface area contributed by atoms with Crippen LogP contribution in [0, 0.1) is 0 Å². The van der Waals surface area contributed by atoms with E-state index in [0.717, 1.165) is 6.42 Å². The van der Waals surface area contributed by atoms with Gasteiger partial charge in [-0.05, 0) is 29.3 Å². The van der Waals surface area contributed by atoms with Crippen LogP contribution in [-0.2, 0) is 11.3 Å². The molecule has 0 radical (unpaired) electrons. The van der Waals surface area contributed by atoms with E-state index < -0.39 is 6.04 Å². The quantitative estimate of drug-likeness (QED) is 0.883. The van der Waals surface area contributed by atoms with E-state index in [2.05, 4.69) is 26.3 Å². The van der Waals surface area contributed by atoms with Crippen molar-refractivity contribution in [3.63, 3.8) is 0 Å².